The molecule has 0 N–H and O–H groups in total. The van der Waals surface area contributed by atoms with Crippen molar-refractivity contribution in [3.05, 3.63) is 16.8 Å². The van der Waals surface area contributed by atoms with Crippen molar-refractivity contribution in [2.24, 2.45) is 11.3 Å². The van der Waals surface area contributed by atoms with Crippen LogP contribution < -0.4 is 4.90 Å². The number of aryl methyl sites for hydroxylation is 1. The van der Waals surface area contributed by atoms with E-state index in [1.165, 1.54) is 11.3 Å². The summed E-state index contributed by atoms with van der Waals surface area (Å²) in [5.74, 6) is 1.14. The van der Waals surface area contributed by atoms with Gasteiger partial charge in [-0.3, -0.25) is 0 Å². The van der Waals surface area contributed by atoms with Gasteiger partial charge in [0, 0.05) is 31.0 Å². The van der Waals surface area contributed by atoms with Gasteiger partial charge in [-0.15, -0.1) is 11.3 Å². The van der Waals surface area contributed by atoms with E-state index < -0.39 is 0 Å². The third kappa shape index (κ3) is 2.36. The highest BCUT2D eigenvalue weighted by Gasteiger charge is 2.61. The third-order valence-corrected chi connectivity index (χ3v) is 7.14. The van der Waals surface area contributed by atoms with Gasteiger partial charge in [0.25, 0.3) is 0 Å². The van der Waals surface area contributed by atoms with Crippen LogP contribution >= 0.6 is 11.3 Å². The highest BCUT2D eigenvalue weighted by Crippen LogP contribution is 2.55. The van der Waals surface area contributed by atoms with E-state index in [4.69, 9.17) is 9.47 Å². The number of hydrogen-bond donors (Lipinski definition) is 0. The van der Waals surface area contributed by atoms with Crippen LogP contribution in [0.5, 0.6) is 0 Å². The smallest absolute Gasteiger partial charge is 0.348 e. The number of aromatic nitrogens is 2. The van der Waals surface area contributed by atoms with Crippen LogP contribution in [0.25, 0.3) is 10.2 Å². The fourth-order valence-corrected chi connectivity index (χ4v) is 5.96. The molecule has 2 aromatic heterocycles. The summed E-state index contributed by atoms with van der Waals surface area (Å²) >= 11 is 1.38. The molecule has 3 atom stereocenters. The fraction of sp³-hybridized carbons (Fsp3) is 0.632. The lowest BCUT2D eigenvalue weighted by Crippen LogP contribution is -2.66. The maximum absolute atomic E-state index is 12.3. The van der Waals surface area contributed by atoms with E-state index in [2.05, 4.69) is 35.8 Å². The molecule has 3 unspecified atom stereocenters. The van der Waals surface area contributed by atoms with Crippen molar-refractivity contribution >= 4 is 33.3 Å². The van der Waals surface area contributed by atoms with Gasteiger partial charge >= 0.3 is 5.97 Å². The second kappa shape index (κ2) is 6.16. The Hall–Kier alpha value is -1.73. The van der Waals surface area contributed by atoms with Crippen LogP contribution in [0.1, 0.15) is 42.4 Å². The van der Waals surface area contributed by atoms with E-state index in [-0.39, 0.29) is 11.4 Å². The molecule has 7 heteroatoms. The molecule has 1 saturated heterocycles. The number of ether oxygens (including phenoxy) is 2. The van der Waals surface area contributed by atoms with Crippen molar-refractivity contribution in [2.45, 2.75) is 46.3 Å². The maximum atomic E-state index is 12.3. The van der Waals surface area contributed by atoms with Gasteiger partial charge in [0.1, 0.15) is 21.9 Å². The van der Waals surface area contributed by atoms with Crippen molar-refractivity contribution in [3.8, 4) is 0 Å². The van der Waals surface area contributed by atoms with E-state index in [0.717, 1.165) is 34.6 Å². The van der Waals surface area contributed by atoms with E-state index in [0.29, 0.717) is 29.5 Å². The Morgan fingerprint density at radius 2 is 2.23 bits per heavy atom. The van der Waals surface area contributed by atoms with Gasteiger partial charge in [0.05, 0.1) is 18.1 Å². The van der Waals surface area contributed by atoms with Crippen molar-refractivity contribution in [2.75, 3.05) is 25.2 Å². The van der Waals surface area contributed by atoms with Crippen LogP contribution in [0.2, 0.25) is 0 Å². The first kappa shape index (κ1) is 17.7. The van der Waals surface area contributed by atoms with Gasteiger partial charge < -0.3 is 14.4 Å². The summed E-state index contributed by atoms with van der Waals surface area (Å²) in [7, 11) is 2.10. The summed E-state index contributed by atoms with van der Waals surface area (Å²) in [6, 6.07) is 0.360. The molecule has 1 aliphatic heterocycles. The lowest BCUT2D eigenvalue weighted by molar-refractivity contribution is -0.101. The zero-order valence-electron chi connectivity index (χ0n) is 15.9. The first-order valence-corrected chi connectivity index (χ1v) is 9.95. The summed E-state index contributed by atoms with van der Waals surface area (Å²) in [6.45, 7) is 9.52. The van der Waals surface area contributed by atoms with Crippen molar-refractivity contribution in [1.29, 1.82) is 0 Å². The second-order valence-electron chi connectivity index (χ2n) is 7.78. The van der Waals surface area contributed by atoms with Crippen LogP contribution in [0.3, 0.4) is 0 Å². The predicted molar refractivity (Wildman–Crippen MR) is 102 cm³/mol. The zero-order chi connectivity index (χ0) is 18.6. The fourth-order valence-electron chi connectivity index (χ4n) is 4.93. The second-order valence-corrected chi connectivity index (χ2v) is 8.77. The Balaban J connectivity index is 1.76. The van der Waals surface area contributed by atoms with E-state index in [1.54, 1.807) is 6.33 Å². The number of rotatable bonds is 4. The molecule has 140 valence electrons. The van der Waals surface area contributed by atoms with Gasteiger partial charge in [-0.1, -0.05) is 13.8 Å². The van der Waals surface area contributed by atoms with Crippen LogP contribution in [0.15, 0.2) is 6.33 Å². The number of carbonyl (C=O) groups is 1. The minimum absolute atomic E-state index is 0.0705. The van der Waals surface area contributed by atoms with Crippen LogP contribution in [-0.4, -0.2) is 48.3 Å². The monoisotopic (exact) mass is 375 g/mol. The zero-order valence-corrected chi connectivity index (χ0v) is 16.7. The number of nitrogens with zero attached hydrogens (tertiary/aromatic N) is 3. The van der Waals surface area contributed by atoms with Crippen molar-refractivity contribution in [3.63, 3.8) is 0 Å². The van der Waals surface area contributed by atoms with Crippen molar-refractivity contribution in [1.82, 2.24) is 9.97 Å². The summed E-state index contributed by atoms with van der Waals surface area (Å²) in [4.78, 5) is 25.0. The molecule has 0 spiro atoms. The average molecular weight is 375 g/mol. The molecule has 2 aromatic rings. The number of esters is 1. The number of carbonyl (C=O) groups excluding carboxylic acids is 1. The maximum Gasteiger partial charge on any atom is 0.348 e. The normalized spacial score (nSPS) is 26.4. The standard InChI is InChI=1S/C19H25N3O3S/c1-6-24-18(23)13-10(2)12-16(20-9-21-17(12)26-13)22(5)14-11-7-8-25-15(11)19(14,3)4/h9,11,14-15H,6-8H2,1-5H3. The van der Waals surface area contributed by atoms with Crippen LogP contribution in [0.4, 0.5) is 5.82 Å². The number of thiophene rings is 1. The quantitative estimate of drug-likeness (QED) is 0.763. The molecule has 1 saturated carbocycles. The van der Waals surface area contributed by atoms with Gasteiger partial charge in [-0.25, -0.2) is 14.8 Å². The molecule has 3 heterocycles. The first-order valence-electron chi connectivity index (χ1n) is 9.13. The Labute approximate surface area is 157 Å². The highest BCUT2D eigenvalue weighted by atomic mass is 32.1. The van der Waals surface area contributed by atoms with Gasteiger partial charge in [-0.2, -0.15) is 0 Å². The topological polar surface area (TPSA) is 64.5 Å². The Morgan fingerprint density at radius 3 is 2.96 bits per heavy atom. The molecule has 1 aliphatic carbocycles. The highest BCUT2D eigenvalue weighted by molar-refractivity contribution is 7.20. The molecule has 2 fully saturated rings. The minimum atomic E-state index is -0.283. The third-order valence-electron chi connectivity index (χ3n) is 5.96. The molecule has 6 nitrogen and oxygen atoms in total. The van der Waals surface area contributed by atoms with Crippen LogP contribution in [-0.2, 0) is 9.47 Å². The minimum Gasteiger partial charge on any atom is -0.462 e. The molecular weight excluding hydrogens is 350 g/mol. The molecule has 26 heavy (non-hydrogen) atoms. The largest absolute Gasteiger partial charge is 0.462 e. The Morgan fingerprint density at radius 1 is 1.46 bits per heavy atom. The predicted octanol–water partition coefficient (Wildman–Crippen LogP) is 3.43. The van der Waals surface area contributed by atoms with Crippen molar-refractivity contribution < 1.29 is 14.3 Å². The number of anilines is 1. The summed E-state index contributed by atoms with van der Waals surface area (Å²) < 4.78 is 11.1. The van der Waals surface area contributed by atoms with Gasteiger partial charge in [0.15, 0.2) is 0 Å². The van der Waals surface area contributed by atoms with Crippen LogP contribution in [0, 0.1) is 18.3 Å². The lowest BCUT2D eigenvalue weighted by Gasteiger charge is -2.58. The average Bonchev–Trinajstić information content (AvgIpc) is 3.18. The molecular formula is C19H25N3O3S. The first-order chi connectivity index (χ1) is 12.4. The molecule has 4 rings (SSSR count). The molecule has 2 aliphatic rings. The molecule has 0 aromatic carbocycles. The van der Waals surface area contributed by atoms with Gasteiger partial charge in [0.2, 0.25) is 0 Å². The Kier molecular flexibility index (Phi) is 4.19. The lowest BCUT2D eigenvalue weighted by atomic mass is 9.57. The number of hydrogen-bond acceptors (Lipinski definition) is 7. The summed E-state index contributed by atoms with van der Waals surface area (Å²) in [6.07, 6.45) is 3.01. The Bertz CT molecular complexity index is 863. The molecule has 0 radical (unpaired) electrons. The summed E-state index contributed by atoms with van der Waals surface area (Å²) in [5.41, 5.74) is 0.975. The van der Waals surface area contributed by atoms with Gasteiger partial charge in [-0.05, 0) is 25.8 Å². The van der Waals surface area contributed by atoms with E-state index in [1.807, 2.05) is 13.8 Å². The van der Waals surface area contributed by atoms with E-state index in [9.17, 15) is 4.79 Å². The molecule has 0 amide bonds. The summed E-state index contributed by atoms with van der Waals surface area (Å²) in [5, 5.41) is 0.959. The van der Waals surface area contributed by atoms with E-state index >= 15 is 0 Å². The SMILES string of the molecule is CCOC(=O)c1sc2ncnc(N(C)C3C4CCOC4C3(C)C)c2c1C. The number of fused-ring (bicyclic) bond motifs is 2. The molecule has 0 bridgehead atoms.